The Morgan fingerprint density at radius 1 is 1.37 bits per heavy atom. The summed E-state index contributed by atoms with van der Waals surface area (Å²) in [4.78, 5) is 0.229. The molecule has 0 aliphatic heterocycles. The van der Waals surface area contributed by atoms with Gasteiger partial charge in [0.1, 0.15) is 4.90 Å². The van der Waals surface area contributed by atoms with E-state index in [1.54, 1.807) is 22.5 Å². The second-order valence-electron chi connectivity index (χ2n) is 5.65. The Bertz CT molecular complexity index is 563. The standard InChI is InChI=1S/C14H22N2O2S/c1-10(2)16(9-12-5-6-12)19(17,18)14-7-4-11(3)8-13(14)15/h4,7-8,10,12H,5-6,9,15H2,1-3H3. The van der Waals surface area contributed by atoms with E-state index in [2.05, 4.69) is 0 Å². The molecule has 1 aromatic carbocycles. The SMILES string of the molecule is Cc1ccc(S(=O)(=O)N(CC2CC2)C(C)C)c(N)c1. The van der Waals surface area contributed by atoms with Gasteiger partial charge in [-0.1, -0.05) is 6.07 Å². The lowest BCUT2D eigenvalue weighted by Gasteiger charge is -2.26. The van der Waals surface area contributed by atoms with Crippen molar-refractivity contribution in [2.24, 2.45) is 5.92 Å². The monoisotopic (exact) mass is 282 g/mol. The fourth-order valence-electron chi connectivity index (χ4n) is 2.17. The van der Waals surface area contributed by atoms with Crippen LogP contribution in [0.2, 0.25) is 0 Å². The number of aryl methyl sites for hydroxylation is 1. The number of rotatable bonds is 5. The molecular weight excluding hydrogens is 260 g/mol. The van der Waals surface area contributed by atoms with Crippen molar-refractivity contribution in [2.45, 2.75) is 44.6 Å². The highest BCUT2D eigenvalue weighted by Gasteiger charge is 2.34. The van der Waals surface area contributed by atoms with Crippen LogP contribution in [0.1, 0.15) is 32.3 Å². The molecule has 106 valence electrons. The average molecular weight is 282 g/mol. The Balaban J connectivity index is 2.37. The van der Waals surface area contributed by atoms with E-state index < -0.39 is 10.0 Å². The summed E-state index contributed by atoms with van der Waals surface area (Å²) in [5.74, 6) is 0.517. The van der Waals surface area contributed by atoms with Crippen molar-refractivity contribution in [1.29, 1.82) is 0 Å². The first-order valence-corrected chi connectivity index (χ1v) is 8.14. The Kier molecular flexibility index (Phi) is 3.87. The number of nitrogens with zero attached hydrogens (tertiary/aromatic N) is 1. The highest BCUT2D eigenvalue weighted by atomic mass is 32.2. The molecule has 0 amide bonds. The van der Waals surface area contributed by atoms with Crippen LogP contribution in [0, 0.1) is 12.8 Å². The van der Waals surface area contributed by atoms with E-state index >= 15 is 0 Å². The third-order valence-corrected chi connectivity index (χ3v) is 5.58. The molecule has 0 atom stereocenters. The molecule has 0 aromatic heterocycles. The highest BCUT2D eigenvalue weighted by Crippen LogP contribution is 2.33. The van der Waals surface area contributed by atoms with Gasteiger partial charge < -0.3 is 5.73 Å². The van der Waals surface area contributed by atoms with Crippen molar-refractivity contribution in [1.82, 2.24) is 4.31 Å². The maximum atomic E-state index is 12.7. The van der Waals surface area contributed by atoms with Crippen LogP contribution < -0.4 is 5.73 Å². The van der Waals surface area contributed by atoms with Crippen LogP contribution in [-0.4, -0.2) is 25.3 Å². The largest absolute Gasteiger partial charge is 0.398 e. The molecule has 1 aliphatic carbocycles. The van der Waals surface area contributed by atoms with Gasteiger partial charge in [0, 0.05) is 12.6 Å². The third kappa shape index (κ3) is 3.09. The molecule has 1 saturated carbocycles. The number of hydrogen-bond acceptors (Lipinski definition) is 3. The predicted octanol–water partition coefficient (Wildman–Crippen LogP) is 2.39. The van der Waals surface area contributed by atoms with E-state index in [9.17, 15) is 8.42 Å². The molecule has 0 radical (unpaired) electrons. The van der Waals surface area contributed by atoms with Crippen molar-refractivity contribution in [3.8, 4) is 0 Å². The second kappa shape index (κ2) is 5.13. The lowest BCUT2D eigenvalue weighted by Crippen LogP contribution is -2.38. The number of sulfonamides is 1. The van der Waals surface area contributed by atoms with Crippen LogP contribution in [0.15, 0.2) is 23.1 Å². The molecule has 1 fully saturated rings. The summed E-state index contributed by atoms with van der Waals surface area (Å²) >= 11 is 0. The van der Waals surface area contributed by atoms with Gasteiger partial charge in [-0.15, -0.1) is 0 Å². The molecule has 1 aliphatic rings. The van der Waals surface area contributed by atoms with Gasteiger partial charge in [-0.05, 0) is 57.2 Å². The Morgan fingerprint density at radius 3 is 2.47 bits per heavy atom. The molecule has 0 saturated heterocycles. The van der Waals surface area contributed by atoms with Gasteiger partial charge in [0.15, 0.2) is 0 Å². The van der Waals surface area contributed by atoms with Gasteiger partial charge in [0.25, 0.3) is 0 Å². The molecule has 0 unspecified atom stereocenters. The topological polar surface area (TPSA) is 63.4 Å². The fourth-order valence-corrected chi connectivity index (χ4v) is 3.98. The molecule has 5 heteroatoms. The molecule has 2 rings (SSSR count). The first kappa shape index (κ1) is 14.3. The van der Waals surface area contributed by atoms with Gasteiger partial charge in [0.2, 0.25) is 10.0 Å². The van der Waals surface area contributed by atoms with Crippen molar-refractivity contribution in [3.63, 3.8) is 0 Å². The van der Waals surface area contributed by atoms with Gasteiger partial charge in [-0.2, -0.15) is 4.31 Å². The quantitative estimate of drug-likeness (QED) is 0.843. The number of nitrogen functional groups attached to an aromatic ring is 1. The molecule has 19 heavy (non-hydrogen) atoms. The number of nitrogens with two attached hydrogens (primary N) is 1. The number of hydrogen-bond donors (Lipinski definition) is 1. The molecular formula is C14H22N2O2S. The van der Waals surface area contributed by atoms with Gasteiger partial charge in [0.05, 0.1) is 5.69 Å². The van der Waals surface area contributed by atoms with Gasteiger partial charge >= 0.3 is 0 Å². The summed E-state index contributed by atoms with van der Waals surface area (Å²) in [6.45, 7) is 6.32. The van der Waals surface area contributed by atoms with Crippen molar-refractivity contribution >= 4 is 15.7 Å². The van der Waals surface area contributed by atoms with E-state index in [4.69, 9.17) is 5.73 Å². The average Bonchev–Trinajstić information content (AvgIpc) is 3.08. The molecule has 0 spiro atoms. The smallest absolute Gasteiger partial charge is 0.245 e. The van der Waals surface area contributed by atoms with Crippen LogP contribution in [0.3, 0.4) is 0 Å². The zero-order valence-electron chi connectivity index (χ0n) is 11.8. The van der Waals surface area contributed by atoms with Crippen LogP contribution in [0.25, 0.3) is 0 Å². The molecule has 2 N–H and O–H groups in total. The molecule has 0 bridgehead atoms. The van der Waals surface area contributed by atoms with Gasteiger partial charge in [-0.3, -0.25) is 0 Å². The van der Waals surface area contributed by atoms with Crippen LogP contribution in [-0.2, 0) is 10.0 Å². The maximum Gasteiger partial charge on any atom is 0.245 e. The second-order valence-corrected chi connectivity index (χ2v) is 7.51. The van der Waals surface area contributed by atoms with Crippen LogP contribution >= 0.6 is 0 Å². The summed E-state index contributed by atoms with van der Waals surface area (Å²) < 4.78 is 27.0. The number of anilines is 1. The van der Waals surface area contributed by atoms with Crippen LogP contribution in [0.4, 0.5) is 5.69 Å². The van der Waals surface area contributed by atoms with E-state index in [-0.39, 0.29) is 10.9 Å². The highest BCUT2D eigenvalue weighted by molar-refractivity contribution is 7.89. The zero-order valence-corrected chi connectivity index (χ0v) is 12.6. The van der Waals surface area contributed by atoms with Crippen molar-refractivity contribution < 1.29 is 8.42 Å². The lowest BCUT2D eigenvalue weighted by molar-refractivity contribution is 0.342. The van der Waals surface area contributed by atoms with Crippen LogP contribution in [0.5, 0.6) is 0 Å². The van der Waals surface area contributed by atoms with E-state index in [1.807, 2.05) is 20.8 Å². The van der Waals surface area contributed by atoms with Crippen molar-refractivity contribution in [3.05, 3.63) is 23.8 Å². The minimum Gasteiger partial charge on any atom is -0.398 e. The molecule has 0 heterocycles. The summed E-state index contributed by atoms with van der Waals surface area (Å²) in [6, 6.07) is 5.07. The Labute approximate surface area is 115 Å². The minimum absolute atomic E-state index is 0.0497. The fraction of sp³-hybridized carbons (Fsp3) is 0.571. The normalized spacial score (nSPS) is 16.3. The summed E-state index contributed by atoms with van der Waals surface area (Å²) in [6.07, 6.45) is 2.25. The summed E-state index contributed by atoms with van der Waals surface area (Å²) in [5, 5.41) is 0. The molecule has 1 aromatic rings. The van der Waals surface area contributed by atoms with E-state index in [0.29, 0.717) is 18.2 Å². The Hall–Kier alpha value is -1.07. The van der Waals surface area contributed by atoms with E-state index in [1.165, 1.54) is 0 Å². The lowest BCUT2D eigenvalue weighted by atomic mass is 10.2. The maximum absolute atomic E-state index is 12.7. The first-order chi connectivity index (χ1) is 8.82. The van der Waals surface area contributed by atoms with Crippen molar-refractivity contribution in [2.75, 3.05) is 12.3 Å². The zero-order chi connectivity index (χ0) is 14.2. The Morgan fingerprint density at radius 2 is 2.00 bits per heavy atom. The minimum atomic E-state index is -3.49. The summed E-state index contributed by atoms with van der Waals surface area (Å²) in [5.41, 5.74) is 7.19. The van der Waals surface area contributed by atoms with Gasteiger partial charge in [-0.25, -0.2) is 8.42 Å². The first-order valence-electron chi connectivity index (χ1n) is 6.70. The van der Waals surface area contributed by atoms with E-state index in [0.717, 1.165) is 18.4 Å². The summed E-state index contributed by atoms with van der Waals surface area (Å²) in [7, 11) is -3.49. The molecule has 4 nitrogen and oxygen atoms in total. The third-order valence-electron chi connectivity index (χ3n) is 3.46. The number of benzene rings is 1. The predicted molar refractivity (Wildman–Crippen MR) is 77.3 cm³/mol.